The van der Waals surface area contributed by atoms with Crippen molar-refractivity contribution in [2.24, 2.45) is 0 Å². The lowest BCUT2D eigenvalue weighted by Crippen LogP contribution is -2.60. The number of nitrogens with zero attached hydrogens (tertiary/aromatic N) is 2. The molecule has 2 aliphatic carbocycles. The van der Waals surface area contributed by atoms with Crippen molar-refractivity contribution in [1.29, 1.82) is 0 Å². The molecule has 73 heavy (non-hydrogen) atoms. The first-order chi connectivity index (χ1) is 35.1. The van der Waals surface area contributed by atoms with E-state index in [0.29, 0.717) is 0 Å². The van der Waals surface area contributed by atoms with Crippen LogP contribution in [0.5, 0.6) is 0 Å². The Labute approximate surface area is 435 Å². The molecule has 10 aromatic rings. The van der Waals surface area contributed by atoms with E-state index in [0.717, 1.165) is 5.69 Å². The maximum absolute atomic E-state index is 2.60. The van der Waals surface area contributed by atoms with Crippen LogP contribution in [0.4, 0.5) is 34.1 Å². The topological polar surface area (TPSA) is 6.48 Å². The number of benzene rings is 9. The van der Waals surface area contributed by atoms with Crippen molar-refractivity contribution in [3.8, 4) is 33.4 Å². The van der Waals surface area contributed by atoms with E-state index in [-0.39, 0.29) is 23.0 Å². The number of rotatable bonds is 3. The normalized spacial score (nSPS) is 14.7. The zero-order valence-electron chi connectivity index (χ0n) is 43.4. The molecule has 0 amide bonds. The SMILES string of the molecule is CC(C)(C)c1cc(C(C)(C)C)c(-c2ccc3c(c2)N(c2ccccc2)c2cccc4c2B3c2sc3cc5c(cc3c2N4c2ccccc2)-c2ccccc2C52c3ccccc3-c3ccccc32)c(C(C)(C)C)c1. The van der Waals surface area contributed by atoms with Crippen LogP contribution in [0.3, 0.4) is 0 Å². The molecule has 0 saturated carbocycles. The van der Waals surface area contributed by atoms with Gasteiger partial charge < -0.3 is 9.80 Å². The second kappa shape index (κ2) is 15.3. The van der Waals surface area contributed by atoms with Crippen molar-refractivity contribution in [2.75, 3.05) is 9.80 Å². The van der Waals surface area contributed by atoms with Crippen molar-refractivity contribution in [2.45, 2.75) is 84.0 Å². The van der Waals surface area contributed by atoms with Crippen LogP contribution in [0.2, 0.25) is 0 Å². The predicted octanol–water partition coefficient (Wildman–Crippen LogP) is 16.9. The molecule has 0 atom stereocenters. The molecule has 0 fully saturated rings. The number of anilines is 6. The van der Waals surface area contributed by atoms with Crippen molar-refractivity contribution in [3.05, 3.63) is 233 Å². The van der Waals surface area contributed by atoms with Gasteiger partial charge in [0.1, 0.15) is 0 Å². The van der Waals surface area contributed by atoms with Gasteiger partial charge in [-0.15, -0.1) is 11.3 Å². The van der Waals surface area contributed by atoms with Gasteiger partial charge in [0.2, 0.25) is 0 Å². The minimum Gasteiger partial charge on any atom is -0.311 e. The third-order valence-electron chi connectivity index (χ3n) is 16.6. The standard InChI is InChI=1S/C69H59BN2S/c1-66(2,3)43-38-55(67(4,5)6)62(56(39-43)68(7,8)9)42-35-36-57-60(37-42)71(44-23-12-10-13-24-44)58-33-22-34-59-63(58)70(57)65-64(72(59)45-25-14-11-15-26-45)50-40-49-48-29-18-21-32-53(48)69(54(49)41-61(50)73-65)51-30-19-16-27-46(51)47-28-17-20-31-52(47)69/h10-41H,1-9H3. The second-order valence-electron chi connectivity index (χ2n) is 24.1. The van der Waals surface area contributed by atoms with Crippen LogP contribution in [0.15, 0.2) is 194 Å². The molecular weight excluding hydrogens is 900 g/mol. The van der Waals surface area contributed by atoms with Crippen molar-refractivity contribution in [1.82, 2.24) is 0 Å². The van der Waals surface area contributed by atoms with Gasteiger partial charge in [-0.25, -0.2) is 0 Å². The van der Waals surface area contributed by atoms with E-state index in [1.54, 1.807) is 0 Å². The zero-order chi connectivity index (χ0) is 49.9. The number of hydrogen-bond acceptors (Lipinski definition) is 3. The lowest BCUT2D eigenvalue weighted by molar-refractivity contribution is 0.550. The van der Waals surface area contributed by atoms with Crippen molar-refractivity contribution < 1.29 is 0 Å². The molecule has 1 aromatic heterocycles. The molecule has 9 aromatic carbocycles. The molecule has 0 saturated heterocycles. The molecule has 4 aliphatic rings. The Kier molecular flexibility index (Phi) is 9.30. The van der Waals surface area contributed by atoms with Gasteiger partial charge in [0, 0.05) is 43.3 Å². The van der Waals surface area contributed by atoms with Gasteiger partial charge in [0.05, 0.1) is 11.1 Å². The van der Waals surface area contributed by atoms with Gasteiger partial charge in [-0.05, 0) is 154 Å². The Hall–Kier alpha value is -7.40. The Balaban J connectivity index is 1.07. The van der Waals surface area contributed by atoms with Gasteiger partial charge in [0.15, 0.2) is 0 Å². The lowest BCUT2D eigenvalue weighted by Gasteiger charge is -2.43. The highest BCUT2D eigenvalue weighted by molar-refractivity contribution is 7.33. The quantitative estimate of drug-likeness (QED) is 0.163. The number of thiophene rings is 1. The fraction of sp³-hybridized carbons (Fsp3) is 0.188. The summed E-state index contributed by atoms with van der Waals surface area (Å²) in [6.45, 7) is 21.4. The minimum atomic E-state index is -0.417. The Morgan fingerprint density at radius 3 is 1.48 bits per heavy atom. The summed E-state index contributed by atoms with van der Waals surface area (Å²) in [4.78, 5) is 5.16. The van der Waals surface area contributed by atoms with Crippen LogP contribution >= 0.6 is 11.3 Å². The average molecular weight is 959 g/mol. The second-order valence-corrected chi connectivity index (χ2v) is 25.1. The molecule has 2 nitrogen and oxygen atoms in total. The third-order valence-corrected chi connectivity index (χ3v) is 17.8. The van der Waals surface area contributed by atoms with Crippen LogP contribution in [0.25, 0.3) is 43.5 Å². The molecule has 354 valence electrons. The van der Waals surface area contributed by atoms with Gasteiger partial charge in [-0.1, -0.05) is 202 Å². The maximum Gasteiger partial charge on any atom is 0.264 e. The first-order valence-electron chi connectivity index (χ1n) is 26.2. The van der Waals surface area contributed by atoms with Crippen LogP contribution in [0.1, 0.15) is 101 Å². The predicted molar refractivity (Wildman–Crippen MR) is 314 cm³/mol. The molecule has 3 heterocycles. The number of para-hydroxylation sites is 2. The summed E-state index contributed by atoms with van der Waals surface area (Å²) >= 11 is 2.00. The van der Waals surface area contributed by atoms with Crippen molar-refractivity contribution in [3.63, 3.8) is 0 Å². The van der Waals surface area contributed by atoms with Gasteiger partial charge in [0.25, 0.3) is 6.71 Å². The molecule has 0 bridgehead atoms. The van der Waals surface area contributed by atoms with Crippen LogP contribution < -0.4 is 25.5 Å². The molecular formula is C69H59BN2S. The Bertz CT molecular complexity index is 3850. The largest absolute Gasteiger partial charge is 0.311 e. The van der Waals surface area contributed by atoms with E-state index >= 15 is 0 Å². The van der Waals surface area contributed by atoms with Crippen LogP contribution in [-0.4, -0.2) is 6.71 Å². The summed E-state index contributed by atoms with van der Waals surface area (Å²) in [6, 6.07) is 74.5. The minimum absolute atomic E-state index is 0.000895. The summed E-state index contributed by atoms with van der Waals surface area (Å²) in [5.74, 6) is 0. The summed E-state index contributed by atoms with van der Waals surface area (Å²) in [7, 11) is 0. The molecule has 2 aliphatic heterocycles. The Morgan fingerprint density at radius 1 is 0.425 bits per heavy atom. The zero-order valence-corrected chi connectivity index (χ0v) is 44.2. The van der Waals surface area contributed by atoms with E-state index < -0.39 is 5.41 Å². The summed E-state index contributed by atoms with van der Waals surface area (Å²) in [5.41, 5.74) is 27.1. The fourth-order valence-corrected chi connectivity index (χ4v) is 14.8. The highest BCUT2D eigenvalue weighted by Crippen LogP contribution is 2.64. The van der Waals surface area contributed by atoms with E-state index in [1.165, 1.54) is 127 Å². The highest BCUT2D eigenvalue weighted by Gasteiger charge is 2.53. The van der Waals surface area contributed by atoms with Crippen molar-refractivity contribution >= 4 is 78.0 Å². The molecule has 0 N–H and O–H groups in total. The average Bonchev–Trinajstić information content (AvgIpc) is 4.01. The lowest BCUT2D eigenvalue weighted by atomic mass is 9.36. The molecule has 0 radical (unpaired) electrons. The van der Waals surface area contributed by atoms with E-state index in [1.807, 2.05) is 11.3 Å². The first-order valence-corrected chi connectivity index (χ1v) is 27.0. The van der Waals surface area contributed by atoms with E-state index in [9.17, 15) is 0 Å². The smallest absolute Gasteiger partial charge is 0.264 e. The molecule has 4 heteroatoms. The van der Waals surface area contributed by atoms with Crippen LogP contribution in [-0.2, 0) is 21.7 Å². The number of fused-ring (bicyclic) bond motifs is 16. The van der Waals surface area contributed by atoms with E-state index in [2.05, 4.69) is 266 Å². The summed E-state index contributed by atoms with van der Waals surface area (Å²) in [5, 5.41) is 1.30. The van der Waals surface area contributed by atoms with Gasteiger partial charge >= 0.3 is 0 Å². The van der Waals surface area contributed by atoms with E-state index in [4.69, 9.17) is 0 Å². The molecule has 14 rings (SSSR count). The monoisotopic (exact) mass is 958 g/mol. The third kappa shape index (κ3) is 6.17. The van der Waals surface area contributed by atoms with Gasteiger partial charge in [-0.2, -0.15) is 0 Å². The first kappa shape index (κ1) is 44.3. The summed E-state index contributed by atoms with van der Waals surface area (Å²) in [6.07, 6.45) is 0. The van der Waals surface area contributed by atoms with Crippen LogP contribution in [0, 0.1) is 0 Å². The highest BCUT2D eigenvalue weighted by atomic mass is 32.1. The Morgan fingerprint density at radius 2 is 0.932 bits per heavy atom. The summed E-state index contributed by atoms with van der Waals surface area (Å²) < 4.78 is 2.71. The maximum atomic E-state index is 2.60. The fourth-order valence-electron chi connectivity index (χ4n) is 13.4. The molecule has 0 unspecified atom stereocenters. The molecule has 1 spiro atoms. The van der Waals surface area contributed by atoms with Gasteiger partial charge in [-0.3, -0.25) is 0 Å². The number of hydrogen-bond donors (Lipinski definition) is 0.